The highest BCUT2D eigenvalue weighted by Crippen LogP contribution is 2.34. The van der Waals surface area contributed by atoms with Gasteiger partial charge in [0, 0.05) is 14.1 Å². The molecule has 7 heteroatoms. The molecule has 0 radical (unpaired) electrons. The first kappa shape index (κ1) is 17.1. The van der Waals surface area contributed by atoms with E-state index in [4.69, 9.17) is 11.5 Å². The number of nitrogens with two attached hydrogens (primary N) is 2. The van der Waals surface area contributed by atoms with E-state index in [-0.39, 0.29) is 0 Å². The van der Waals surface area contributed by atoms with Crippen LogP contribution in [0.5, 0.6) is 0 Å². The normalized spacial score (nSPS) is 18.5. The summed E-state index contributed by atoms with van der Waals surface area (Å²) >= 11 is 0. The fourth-order valence-corrected chi connectivity index (χ4v) is 2.82. The number of rotatable bonds is 4. The summed E-state index contributed by atoms with van der Waals surface area (Å²) in [6.07, 6.45) is 1.01. The highest BCUT2D eigenvalue weighted by Gasteiger charge is 2.55. The predicted molar refractivity (Wildman–Crippen MR) is 88.1 cm³/mol. The molecule has 0 saturated heterocycles. The summed E-state index contributed by atoms with van der Waals surface area (Å²) in [5.74, 6) is -2.28. The number of anilines is 2. The number of carbonyl (C=O) groups is 3. The van der Waals surface area contributed by atoms with Crippen molar-refractivity contribution < 1.29 is 14.4 Å². The molecule has 1 aliphatic heterocycles. The Morgan fingerprint density at radius 3 is 1.96 bits per heavy atom. The van der Waals surface area contributed by atoms with Gasteiger partial charge < -0.3 is 21.3 Å². The number of amides is 2. The molecule has 0 aromatic heterocycles. The number of carbonyl (C=O) groups excluding carboxylic acids is 3. The van der Waals surface area contributed by atoms with E-state index < -0.39 is 29.2 Å². The zero-order valence-electron chi connectivity index (χ0n) is 13.6. The van der Waals surface area contributed by atoms with E-state index in [9.17, 15) is 14.4 Å². The van der Waals surface area contributed by atoms with Crippen LogP contribution in [0.3, 0.4) is 0 Å². The summed E-state index contributed by atoms with van der Waals surface area (Å²) in [5, 5.41) is 0. The lowest BCUT2D eigenvalue weighted by Gasteiger charge is -2.30. The lowest BCUT2D eigenvalue weighted by atomic mass is 9.86. The van der Waals surface area contributed by atoms with E-state index in [2.05, 4.69) is 0 Å². The lowest BCUT2D eigenvalue weighted by Crippen LogP contribution is -2.70. The molecule has 1 aromatic rings. The van der Waals surface area contributed by atoms with E-state index in [1.165, 1.54) is 23.9 Å². The highest BCUT2D eigenvalue weighted by molar-refractivity contribution is 6.36. The molecule has 0 unspecified atom stereocenters. The van der Waals surface area contributed by atoms with Crippen molar-refractivity contribution in [2.75, 3.05) is 23.9 Å². The number of ketones is 1. The number of Topliss-reactive ketones (excluding diaryl/α,β-unsaturated/α-hetero) is 1. The Morgan fingerprint density at radius 2 is 1.57 bits per heavy atom. The van der Waals surface area contributed by atoms with Crippen molar-refractivity contribution in [3.63, 3.8) is 0 Å². The molecule has 4 N–H and O–H groups in total. The van der Waals surface area contributed by atoms with Gasteiger partial charge in [-0.3, -0.25) is 14.4 Å². The van der Waals surface area contributed by atoms with Crippen molar-refractivity contribution in [2.24, 2.45) is 11.5 Å². The minimum atomic E-state index is -2.31. The number of fused-ring (bicyclic) bond motifs is 1. The van der Waals surface area contributed by atoms with Gasteiger partial charge >= 0.3 is 0 Å². The second-order valence-corrected chi connectivity index (χ2v) is 5.78. The van der Waals surface area contributed by atoms with Crippen LogP contribution in [0.1, 0.15) is 19.8 Å². The van der Waals surface area contributed by atoms with Gasteiger partial charge in [-0.2, -0.15) is 0 Å². The fourth-order valence-electron chi connectivity index (χ4n) is 2.82. The Kier molecular flexibility index (Phi) is 4.53. The SMILES string of the molecule is CCC[C@H](N)C(=O)C1(N)C(=O)N(C)c2ccccc2N(C)C1=O. The summed E-state index contributed by atoms with van der Waals surface area (Å²) in [5.41, 5.74) is 10.6. The number of para-hydroxylation sites is 2. The van der Waals surface area contributed by atoms with E-state index in [0.29, 0.717) is 24.2 Å². The highest BCUT2D eigenvalue weighted by atomic mass is 16.2. The van der Waals surface area contributed by atoms with Gasteiger partial charge in [-0.25, -0.2) is 0 Å². The van der Waals surface area contributed by atoms with Gasteiger partial charge in [0.1, 0.15) is 0 Å². The van der Waals surface area contributed by atoms with Crippen LogP contribution in [0, 0.1) is 0 Å². The van der Waals surface area contributed by atoms with Crippen molar-refractivity contribution in [1.29, 1.82) is 0 Å². The molecule has 1 aromatic carbocycles. The smallest absolute Gasteiger partial charge is 0.264 e. The molecule has 23 heavy (non-hydrogen) atoms. The van der Waals surface area contributed by atoms with E-state index >= 15 is 0 Å². The topological polar surface area (TPSA) is 110 Å². The van der Waals surface area contributed by atoms with Crippen LogP contribution in [-0.4, -0.2) is 43.3 Å². The van der Waals surface area contributed by atoms with Gasteiger partial charge in [0.2, 0.25) is 5.54 Å². The quantitative estimate of drug-likeness (QED) is 0.761. The van der Waals surface area contributed by atoms with E-state index in [1.807, 2.05) is 6.92 Å². The van der Waals surface area contributed by atoms with Gasteiger partial charge in [-0.1, -0.05) is 25.5 Å². The van der Waals surface area contributed by atoms with Crippen LogP contribution in [0.4, 0.5) is 11.4 Å². The van der Waals surface area contributed by atoms with Crippen LogP contribution < -0.4 is 21.3 Å². The van der Waals surface area contributed by atoms with Crippen LogP contribution in [0.2, 0.25) is 0 Å². The third kappa shape index (κ3) is 2.51. The number of hydrogen-bond acceptors (Lipinski definition) is 5. The first-order valence-corrected chi connectivity index (χ1v) is 7.50. The van der Waals surface area contributed by atoms with Crippen LogP contribution >= 0.6 is 0 Å². The molecule has 2 rings (SSSR count). The van der Waals surface area contributed by atoms with Crippen LogP contribution in [0.15, 0.2) is 24.3 Å². The molecule has 0 aliphatic carbocycles. The maximum Gasteiger partial charge on any atom is 0.264 e. The summed E-state index contributed by atoms with van der Waals surface area (Å²) in [6, 6.07) is 5.92. The zero-order chi connectivity index (χ0) is 17.4. The van der Waals surface area contributed by atoms with Gasteiger partial charge in [0.25, 0.3) is 11.8 Å². The summed E-state index contributed by atoms with van der Waals surface area (Å²) in [4.78, 5) is 40.8. The molecular weight excluding hydrogens is 296 g/mol. The minimum Gasteiger partial charge on any atom is -0.321 e. The zero-order valence-corrected chi connectivity index (χ0v) is 13.6. The van der Waals surface area contributed by atoms with Crippen LogP contribution in [-0.2, 0) is 14.4 Å². The molecule has 0 fully saturated rings. The number of benzene rings is 1. The minimum absolute atomic E-state index is 0.360. The monoisotopic (exact) mass is 318 g/mol. The Bertz CT molecular complexity index is 617. The van der Waals surface area contributed by atoms with E-state index in [0.717, 1.165) is 0 Å². The largest absolute Gasteiger partial charge is 0.321 e. The molecule has 1 heterocycles. The number of nitrogens with zero attached hydrogens (tertiary/aromatic N) is 2. The second kappa shape index (κ2) is 6.10. The Balaban J connectivity index is 2.57. The van der Waals surface area contributed by atoms with Gasteiger partial charge in [0.05, 0.1) is 17.4 Å². The average molecular weight is 318 g/mol. The Morgan fingerprint density at radius 1 is 1.13 bits per heavy atom. The average Bonchev–Trinajstić information content (AvgIpc) is 2.61. The second-order valence-electron chi connectivity index (χ2n) is 5.78. The van der Waals surface area contributed by atoms with Crippen molar-refractivity contribution in [3.05, 3.63) is 24.3 Å². The predicted octanol–water partition coefficient (Wildman–Crippen LogP) is 0.0198. The third-order valence-electron chi connectivity index (χ3n) is 4.21. The Hall–Kier alpha value is -2.25. The standard InChI is InChI=1S/C16H22N4O3/c1-4-7-10(17)13(21)16(18)14(22)19(2)11-8-5-6-9-12(11)20(3)15(16)23/h5-6,8-10H,4,7,17-18H2,1-3H3/t10-/m0/s1. The lowest BCUT2D eigenvalue weighted by molar-refractivity contribution is -0.142. The summed E-state index contributed by atoms with van der Waals surface area (Å²) < 4.78 is 0. The molecule has 0 spiro atoms. The maximum absolute atomic E-state index is 12.8. The molecule has 2 amide bonds. The molecule has 0 saturated carbocycles. The van der Waals surface area contributed by atoms with Crippen molar-refractivity contribution >= 4 is 29.0 Å². The summed E-state index contributed by atoms with van der Waals surface area (Å²) in [7, 11) is 2.99. The van der Waals surface area contributed by atoms with Crippen LogP contribution in [0.25, 0.3) is 0 Å². The van der Waals surface area contributed by atoms with Gasteiger partial charge in [-0.05, 0) is 18.6 Å². The molecular formula is C16H22N4O3. The van der Waals surface area contributed by atoms with Crippen molar-refractivity contribution in [1.82, 2.24) is 0 Å². The Labute approximate surface area is 135 Å². The molecule has 0 bridgehead atoms. The molecule has 1 atom stereocenters. The van der Waals surface area contributed by atoms with Crippen molar-refractivity contribution in [2.45, 2.75) is 31.3 Å². The van der Waals surface area contributed by atoms with Crippen molar-refractivity contribution in [3.8, 4) is 0 Å². The molecule has 7 nitrogen and oxygen atoms in total. The molecule has 124 valence electrons. The number of likely N-dealkylation sites (N-methyl/N-ethyl adjacent to an activating group) is 2. The van der Waals surface area contributed by atoms with Gasteiger partial charge in [-0.15, -0.1) is 0 Å². The summed E-state index contributed by atoms with van der Waals surface area (Å²) in [6.45, 7) is 1.86. The third-order valence-corrected chi connectivity index (χ3v) is 4.21. The number of hydrogen-bond donors (Lipinski definition) is 2. The fraction of sp³-hybridized carbons (Fsp3) is 0.438. The first-order valence-electron chi connectivity index (χ1n) is 7.50. The molecule has 1 aliphatic rings. The maximum atomic E-state index is 12.8. The van der Waals surface area contributed by atoms with E-state index in [1.54, 1.807) is 24.3 Å². The first-order chi connectivity index (χ1) is 10.8. The van der Waals surface area contributed by atoms with Gasteiger partial charge in [0.15, 0.2) is 5.78 Å².